The Balaban J connectivity index is 2.05. The lowest BCUT2D eigenvalue weighted by Crippen LogP contribution is -2.49. The zero-order valence-corrected chi connectivity index (χ0v) is 13.3. The van der Waals surface area contributed by atoms with Gasteiger partial charge in [0.1, 0.15) is 5.82 Å². The minimum atomic E-state index is -3.67. The molecule has 1 aromatic rings. The van der Waals surface area contributed by atoms with Gasteiger partial charge in [-0.3, -0.25) is 0 Å². The maximum Gasteiger partial charge on any atom is 0.279 e. The summed E-state index contributed by atoms with van der Waals surface area (Å²) < 4.78 is 41.9. The summed E-state index contributed by atoms with van der Waals surface area (Å²) in [6.07, 6.45) is 1.72. The highest BCUT2D eigenvalue weighted by atomic mass is 35.5. The molecule has 0 spiro atoms. The molecule has 1 atom stereocenters. The van der Waals surface area contributed by atoms with Crippen LogP contribution in [0.25, 0.3) is 0 Å². The maximum atomic E-state index is 13.7. The number of nitrogens with one attached hydrogen (secondary N) is 2. The summed E-state index contributed by atoms with van der Waals surface area (Å²) in [7, 11) is -2.27. The Morgan fingerprint density at radius 1 is 1.52 bits per heavy atom. The van der Waals surface area contributed by atoms with Crippen LogP contribution in [-0.2, 0) is 16.8 Å². The third-order valence-electron chi connectivity index (χ3n) is 3.47. The van der Waals surface area contributed by atoms with Crippen molar-refractivity contribution < 1.29 is 12.8 Å². The van der Waals surface area contributed by atoms with Crippen molar-refractivity contribution >= 4 is 21.8 Å². The van der Waals surface area contributed by atoms with E-state index < -0.39 is 16.0 Å². The highest BCUT2D eigenvalue weighted by Crippen LogP contribution is 2.21. The lowest BCUT2D eigenvalue weighted by molar-refractivity contribution is 0.399. The lowest BCUT2D eigenvalue weighted by atomic mass is 10.1. The molecule has 1 unspecified atom stereocenters. The topological polar surface area (TPSA) is 61.4 Å². The van der Waals surface area contributed by atoms with Crippen LogP contribution in [0.5, 0.6) is 0 Å². The van der Waals surface area contributed by atoms with Crippen molar-refractivity contribution in [3.05, 3.63) is 34.6 Å². The third-order valence-corrected chi connectivity index (χ3v) is 5.40. The monoisotopic (exact) mass is 335 g/mol. The van der Waals surface area contributed by atoms with Crippen molar-refractivity contribution in [1.29, 1.82) is 0 Å². The summed E-state index contributed by atoms with van der Waals surface area (Å²) in [5, 5.41) is 3.36. The normalized spacial score (nSPS) is 19.9. The average molecular weight is 336 g/mol. The molecule has 0 aliphatic carbocycles. The zero-order chi connectivity index (χ0) is 15.5. The average Bonchev–Trinajstić information content (AvgIpc) is 2.43. The van der Waals surface area contributed by atoms with Crippen molar-refractivity contribution in [3.63, 3.8) is 0 Å². The molecule has 1 heterocycles. The van der Waals surface area contributed by atoms with Gasteiger partial charge in [0.25, 0.3) is 10.2 Å². The van der Waals surface area contributed by atoms with Crippen molar-refractivity contribution in [1.82, 2.24) is 14.3 Å². The molecule has 0 aromatic heterocycles. The van der Waals surface area contributed by atoms with E-state index in [9.17, 15) is 12.8 Å². The quantitative estimate of drug-likeness (QED) is 0.857. The minimum Gasteiger partial charge on any atom is -0.315 e. The van der Waals surface area contributed by atoms with Crippen LogP contribution in [0.15, 0.2) is 18.2 Å². The number of piperidine rings is 1. The van der Waals surface area contributed by atoms with Crippen molar-refractivity contribution in [3.8, 4) is 0 Å². The van der Waals surface area contributed by atoms with Crippen molar-refractivity contribution in [2.24, 2.45) is 0 Å². The smallest absolute Gasteiger partial charge is 0.279 e. The van der Waals surface area contributed by atoms with Gasteiger partial charge >= 0.3 is 0 Å². The van der Waals surface area contributed by atoms with E-state index in [2.05, 4.69) is 10.0 Å². The summed E-state index contributed by atoms with van der Waals surface area (Å²) in [4.78, 5) is 0. The molecule has 1 fully saturated rings. The van der Waals surface area contributed by atoms with Gasteiger partial charge in [-0.25, -0.2) is 4.39 Å². The molecule has 21 heavy (non-hydrogen) atoms. The first-order valence-corrected chi connectivity index (χ1v) is 8.59. The second-order valence-electron chi connectivity index (χ2n) is 5.12. The number of hydrogen-bond donors (Lipinski definition) is 2. The summed E-state index contributed by atoms with van der Waals surface area (Å²) in [5.74, 6) is -0.510. The summed E-state index contributed by atoms with van der Waals surface area (Å²) in [6.45, 7) is 1.40. The molecular weight excluding hydrogens is 317 g/mol. The van der Waals surface area contributed by atoms with E-state index in [1.807, 2.05) is 0 Å². The van der Waals surface area contributed by atoms with Gasteiger partial charge in [0.15, 0.2) is 0 Å². The Hall–Kier alpha value is -0.730. The molecule has 8 heteroatoms. The van der Waals surface area contributed by atoms with Crippen LogP contribution in [0.4, 0.5) is 4.39 Å². The predicted octanol–water partition coefficient (Wildman–Crippen LogP) is 1.50. The van der Waals surface area contributed by atoms with E-state index in [4.69, 9.17) is 11.6 Å². The van der Waals surface area contributed by atoms with Crippen LogP contribution < -0.4 is 10.0 Å². The molecule has 0 radical (unpaired) electrons. The van der Waals surface area contributed by atoms with E-state index in [0.29, 0.717) is 6.54 Å². The Labute approximate surface area is 129 Å². The Kier molecular flexibility index (Phi) is 5.56. The highest BCUT2D eigenvalue weighted by Gasteiger charge is 2.25. The second-order valence-corrected chi connectivity index (χ2v) is 7.34. The zero-order valence-electron chi connectivity index (χ0n) is 11.8. The summed E-state index contributed by atoms with van der Waals surface area (Å²) in [6, 6.07) is 4.16. The summed E-state index contributed by atoms with van der Waals surface area (Å²) in [5.41, 5.74) is 0.175. The van der Waals surface area contributed by atoms with Gasteiger partial charge in [-0.1, -0.05) is 17.7 Å². The molecule has 0 amide bonds. The lowest BCUT2D eigenvalue weighted by Gasteiger charge is -2.26. The van der Waals surface area contributed by atoms with Gasteiger partial charge in [0, 0.05) is 36.8 Å². The van der Waals surface area contributed by atoms with E-state index >= 15 is 0 Å². The Morgan fingerprint density at radius 3 is 2.90 bits per heavy atom. The van der Waals surface area contributed by atoms with Gasteiger partial charge in [0.05, 0.1) is 0 Å². The first kappa shape index (κ1) is 16.6. The first-order valence-electron chi connectivity index (χ1n) is 6.77. The molecule has 5 nitrogen and oxygen atoms in total. The van der Waals surface area contributed by atoms with Gasteiger partial charge in [-0.15, -0.1) is 0 Å². The Morgan fingerprint density at radius 2 is 2.29 bits per heavy atom. The van der Waals surface area contributed by atoms with Crippen LogP contribution in [0.2, 0.25) is 5.02 Å². The molecule has 1 aliphatic rings. The van der Waals surface area contributed by atoms with E-state index in [-0.39, 0.29) is 23.2 Å². The van der Waals surface area contributed by atoms with Gasteiger partial charge in [-0.05, 0) is 31.5 Å². The van der Waals surface area contributed by atoms with Crippen LogP contribution >= 0.6 is 11.6 Å². The molecule has 0 saturated carbocycles. The van der Waals surface area contributed by atoms with Crippen molar-refractivity contribution in [2.75, 3.05) is 20.1 Å². The predicted molar refractivity (Wildman–Crippen MR) is 80.8 cm³/mol. The van der Waals surface area contributed by atoms with Gasteiger partial charge in [-0.2, -0.15) is 17.4 Å². The number of benzene rings is 1. The highest BCUT2D eigenvalue weighted by molar-refractivity contribution is 7.87. The minimum absolute atomic E-state index is 0.110. The van der Waals surface area contributed by atoms with Crippen LogP contribution in [0, 0.1) is 5.82 Å². The molecule has 1 saturated heterocycles. The molecule has 2 N–H and O–H groups in total. The second kappa shape index (κ2) is 7.02. The molecule has 1 aliphatic heterocycles. The molecular formula is C13H19ClFN3O2S. The SMILES string of the molecule is CN(Cc1c(F)cccc1Cl)S(=O)(=O)NC1CCCNC1. The molecule has 2 rings (SSSR count). The fourth-order valence-corrected chi connectivity index (χ4v) is 3.57. The third kappa shape index (κ3) is 4.37. The molecule has 118 valence electrons. The molecule has 1 aromatic carbocycles. The van der Waals surface area contributed by atoms with E-state index in [1.54, 1.807) is 6.07 Å². The van der Waals surface area contributed by atoms with Crippen LogP contribution in [0.1, 0.15) is 18.4 Å². The van der Waals surface area contributed by atoms with Crippen molar-refractivity contribution in [2.45, 2.75) is 25.4 Å². The first-order chi connectivity index (χ1) is 9.90. The summed E-state index contributed by atoms with van der Waals surface area (Å²) >= 11 is 5.92. The maximum absolute atomic E-state index is 13.7. The molecule has 0 bridgehead atoms. The van der Waals surface area contributed by atoms with Gasteiger partial charge < -0.3 is 5.32 Å². The van der Waals surface area contributed by atoms with Gasteiger partial charge in [0.2, 0.25) is 0 Å². The number of nitrogens with zero attached hydrogens (tertiary/aromatic N) is 1. The van der Waals surface area contributed by atoms with E-state index in [0.717, 1.165) is 23.7 Å². The fraction of sp³-hybridized carbons (Fsp3) is 0.538. The van der Waals surface area contributed by atoms with Crippen LogP contribution in [-0.4, -0.2) is 38.9 Å². The van der Waals surface area contributed by atoms with E-state index in [1.165, 1.54) is 19.2 Å². The number of hydrogen-bond acceptors (Lipinski definition) is 3. The van der Waals surface area contributed by atoms with Crippen LogP contribution in [0.3, 0.4) is 0 Å². The number of rotatable bonds is 5. The fourth-order valence-electron chi connectivity index (χ4n) is 2.24. The Bertz CT molecular complexity index is 571. The standard InChI is InChI=1S/C13H19ClFN3O2S/c1-18(9-11-12(14)5-2-6-13(11)15)21(19,20)17-10-4-3-7-16-8-10/h2,5-6,10,16-17H,3-4,7-9H2,1H3. The number of halogens is 2. The largest absolute Gasteiger partial charge is 0.315 e.